The molecule has 1 heterocycles. The van der Waals surface area contributed by atoms with Crippen LogP contribution in [0.25, 0.3) is 10.1 Å². The van der Waals surface area contributed by atoms with Gasteiger partial charge in [0.05, 0.1) is 4.88 Å². The summed E-state index contributed by atoms with van der Waals surface area (Å²) in [5, 5.41) is 10.6. The highest BCUT2D eigenvalue weighted by Gasteiger charge is 2.17. The van der Waals surface area contributed by atoms with Crippen molar-refractivity contribution in [2.45, 2.75) is 27.2 Å². The molecule has 1 atom stereocenters. The summed E-state index contributed by atoms with van der Waals surface area (Å²) in [5.41, 5.74) is 0.793. The lowest BCUT2D eigenvalue weighted by Gasteiger charge is -2.04. The van der Waals surface area contributed by atoms with E-state index in [1.54, 1.807) is 13.0 Å². The fraction of sp³-hybridized carbons (Fsp3) is 0.333. The van der Waals surface area contributed by atoms with Gasteiger partial charge in [-0.05, 0) is 43.0 Å². The number of phenols is 1. The molecule has 1 unspecified atom stereocenters. The molecule has 0 saturated heterocycles. The Balaban J connectivity index is 2.31. The van der Waals surface area contributed by atoms with Gasteiger partial charge in [0.15, 0.2) is 5.78 Å². The number of hydrogen-bond acceptors (Lipinski definition) is 4. The summed E-state index contributed by atoms with van der Waals surface area (Å²) in [4.78, 5) is 23.9. The first kappa shape index (κ1) is 13.7. The predicted octanol–water partition coefficient (Wildman–Crippen LogP) is 3.71. The van der Waals surface area contributed by atoms with E-state index in [2.05, 4.69) is 0 Å². The van der Waals surface area contributed by atoms with Crippen molar-refractivity contribution < 1.29 is 14.7 Å². The maximum atomic E-state index is 12.1. The van der Waals surface area contributed by atoms with Crippen LogP contribution in [0.5, 0.6) is 5.75 Å². The first-order valence-electron chi connectivity index (χ1n) is 6.15. The van der Waals surface area contributed by atoms with Crippen molar-refractivity contribution >= 4 is 33.0 Å². The number of rotatable bonds is 4. The molecule has 0 radical (unpaired) electrons. The maximum Gasteiger partial charge on any atom is 0.173 e. The van der Waals surface area contributed by atoms with Crippen molar-refractivity contribution in [2.75, 3.05) is 0 Å². The van der Waals surface area contributed by atoms with Crippen molar-refractivity contribution in [3.63, 3.8) is 0 Å². The van der Waals surface area contributed by atoms with Gasteiger partial charge in [-0.3, -0.25) is 9.59 Å². The monoisotopic (exact) mass is 276 g/mol. The minimum atomic E-state index is -0.243. The van der Waals surface area contributed by atoms with Gasteiger partial charge in [-0.1, -0.05) is 6.92 Å². The Kier molecular flexibility index (Phi) is 3.71. The summed E-state index contributed by atoms with van der Waals surface area (Å²) in [6.45, 7) is 5.10. The van der Waals surface area contributed by atoms with Crippen LogP contribution >= 0.6 is 11.3 Å². The lowest BCUT2D eigenvalue weighted by Crippen LogP contribution is -2.11. The topological polar surface area (TPSA) is 54.4 Å². The molecule has 0 amide bonds. The van der Waals surface area contributed by atoms with Crippen LogP contribution in [0, 0.1) is 12.8 Å². The molecule has 1 aromatic heterocycles. The molecule has 1 N–H and O–H groups in total. The Bertz CT molecular complexity index is 616. The van der Waals surface area contributed by atoms with Crippen molar-refractivity contribution in [2.24, 2.45) is 5.92 Å². The number of hydrogen-bond donors (Lipinski definition) is 1. The summed E-state index contributed by atoms with van der Waals surface area (Å²) in [6.07, 6.45) is 0.243. The average molecular weight is 276 g/mol. The molecule has 0 aliphatic heterocycles. The van der Waals surface area contributed by atoms with E-state index in [1.165, 1.54) is 18.3 Å². The lowest BCUT2D eigenvalue weighted by atomic mass is 10.00. The van der Waals surface area contributed by atoms with Gasteiger partial charge in [0.2, 0.25) is 0 Å². The van der Waals surface area contributed by atoms with E-state index >= 15 is 0 Å². The molecule has 0 saturated carbocycles. The number of aryl methyl sites for hydroxylation is 1. The van der Waals surface area contributed by atoms with Crippen LogP contribution in [-0.2, 0) is 4.79 Å². The van der Waals surface area contributed by atoms with Crippen molar-refractivity contribution in [1.82, 2.24) is 0 Å². The van der Waals surface area contributed by atoms with Gasteiger partial charge in [-0.2, -0.15) is 0 Å². The predicted molar refractivity (Wildman–Crippen MR) is 77.0 cm³/mol. The Morgan fingerprint density at radius 2 is 2.00 bits per heavy atom. The van der Waals surface area contributed by atoms with Crippen molar-refractivity contribution in [3.8, 4) is 5.75 Å². The summed E-state index contributed by atoms with van der Waals surface area (Å²) in [7, 11) is 0. The number of carbonyl (C=O) groups is 2. The number of phenolic OH excluding ortho intramolecular Hbond substituents is 1. The van der Waals surface area contributed by atoms with Gasteiger partial charge in [0.25, 0.3) is 0 Å². The van der Waals surface area contributed by atoms with Crippen LogP contribution in [0.2, 0.25) is 0 Å². The molecule has 4 heteroatoms. The number of fused-ring (bicyclic) bond motifs is 1. The van der Waals surface area contributed by atoms with E-state index in [4.69, 9.17) is 0 Å². The summed E-state index contributed by atoms with van der Waals surface area (Å²) < 4.78 is 0.891. The van der Waals surface area contributed by atoms with Gasteiger partial charge in [0.1, 0.15) is 11.5 Å². The standard InChI is InChI=1S/C15H16O3S/c1-8(10(3)16)5-13(18)15-6-11-4-9(2)12(17)7-14(11)19-15/h4,6-8,17H,5H2,1-3H3. The van der Waals surface area contributed by atoms with Crippen LogP contribution < -0.4 is 0 Å². The highest BCUT2D eigenvalue weighted by atomic mass is 32.1. The molecule has 3 nitrogen and oxygen atoms in total. The van der Waals surface area contributed by atoms with Gasteiger partial charge < -0.3 is 5.11 Å². The molecule has 0 fully saturated rings. The fourth-order valence-corrected chi connectivity index (χ4v) is 2.88. The number of Topliss-reactive ketones (excluding diaryl/α,β-unsaturated/α-hetero) is 2. The zero-order valence-electron chi connectivity index (χ0n) is 11.2. The van der Waals surface area contributed by atoms with Gasteiger partial charge in [0, 0.05) is 17.0 Å². The van der Waals surface area contributed by atoms with Crippen LogP contribution in [0.15, 0.2) is 18.2 Å². The first-order valence-corrected chi connectivity index (χ1v) is 6.97. The molecule has 100 valence electrons. The minimum Gasteiger partial charge on any atom is -0.508 e. The van der Waals surface area contributed by atoms with Crippen LogP contribution in [-0.4, -0.2) is 16.7 Å². The van der Waals surface area contributed by atoms with E-state index in [0.717, 1.165) is 15.6 Å². The van der Waals surface area contributed by atoms with Gasteiger partial charge in [-0.15, -0.1) is 11.3 Å². The fourth-order valence-electron chi connectivity index (χ4n) is 1.85. The summed E-state index contributed by atoms with van der Waals surface area (Å²) in [5.74, 6) is 0.0160. The smallest absolute Gasteiger partial charge is 0.173 e. The molecule has 19 heavy (non-hydrogen) atoms. The van der Waals surface area contributed by atoms with Crippen LogP contribution in [0.4, 0.5) is 0 Å². The summed E-state index contributed by atoms with van der Waals surface area (Å²) >= 11 is 1.36. The van der Waals surface area contributed by atoms with Crippen LogP contribution in [0.1, 0.15) is 35.5 Å². The second kappa shape index (κ2) is 5.13. The Morgan fingerprint density at radius 1 is 1.32 bits per heavy atom. The van der Waals surface area contributed by atoms with Crippen molar-refractivity contribution in [3.05, 3.63) is 28.6 Å². The molecule has 1 aromatic carbocycles. The zero-order chi connectivity index (χ0) is 14.2. The molecule has 0 spiro atoms. The average Bonchev–Trinajstić information content (AvgIpc) is 2.72. The molecular weight excluding hydrogens is 260 g/mol. The Labute approximate surface area is 115 Å². The Hall–Kier alpha value is -1.68. The second-order valence-corrected chi connectivity index (χ2v) is 6.01. The molecular formula is C15H16O3S. The number of ketones is 2. The highest BCUT2D eigenvalue weighted by Crippen LogP contribution is 2.32. The van der Waals surface area contributed by atoms with E-state index in [1.807, 2.05) is 19.1 Å². The van der Waals surface area contributed by atoms with E-state index in [-0.39, 0.29) is 29.7 Å². The second-order valence-electron chi connectivity index (χ2n) is 4.93. The highest BCUT2D eigenvalue weighted by molar-refractivity contribution is 7.20. The molecule has 0 aliphatic carbocycles. The lowest BCUT2D eigenvalue weighted by molar-refractivity contribution is -0.120. The van der Waals surface area contributed by atoms with E-state index in [0.29, 0.717) is 4.88 Å². The third-order valence-corrected chi connectivity index (χ3v) is 4.43. The third kappa shape index (κ3) is 2.84. The minimum absolute atomic E-state index is 0.0129. The van der Waals surface area contributed by atoms with Gasteiger partial charge in [-0.25, -0.2) is 0 Å². The number of benzene rings is 1. The third-order valence-electron chi connectivity index (χ3n) is 3.30. The van der Waals surface area contributed by atoms with Crippen LogP contribution in [0.3, 0.4) is 0 Å². The van der Waals surface area contributed by atoms with Crippen molar-refractivity contribution in [1.29, 1.82) is 0 Å². The first-order chi connectivity index (χ1) is 8.88. The van der Waals surface area contributed by atoms with E-state index in [9.17, 15) is 14.7 Å². The SMILES string of the molecule is CC(=O)C(C)CC(=O)c1cc2cc(C)c(O)cc2s1. The van der Waals surface area contributed by atoms with E-state index < -0.39 is 0 Å². The number of thiophene rings is 1. The number of aromatic hydroxyl groups is 1. The molecule has 2 rings (SSSR count). The summed E-state index contributed by atoms with van der Waals surface area (Å²) in [6, 6.07) is 5.38. The molecule has 2 aromatic rings. The number of carbonyl (C=O) groups excluding carboxylic acids is 2. The maximum absolute atomic E-state index is 12.1. The molecule has 0 aliphatic rings. The quantitative estimate of drug-likeness (QED) is 0.866. The largest absolute Gasteiger partial charge is 0.508 e. The normalized spacial score (nSPS) is 12.6. The Morgan fingerprint density at radius 3 is 2.63 bits per heavy atom. The molecule has 0 bridgehead atoms. The zero-order valence-corrected chi connectivity index (χ0v) is 12.0. The van der Waals surface area contributed by atoms with Gasteiger partial charge >= 0.3 is 0 Å².